The van der Waals surface area contributed by atoms with Crippen molar-refractivity contribution in [2.75, 3.05) is 12.4 Å². The van der Waals surface area contributed by atoms with E-state index < -0.39 is 0 Å². The molecule has 3 aromatic rings. The summed E-state index contributed by atoms with van der Waals surface area (Å²) in [5.74, 6) is 1.21. The quantitative estimate of drug-likeness (QED) is 0.778. The lowest BCUT2D eigenvalue weighted by Gasteiger charge is -2.08. The summed E-state index contributed by atoms with van der Waals surface area (Å²) in [6.07, 6.45) is 0. The molecule has 0 aliphatic rings. The van der Waals surface area contributed by atoms with Gasteiger partial charge in [0.2, 0.25) is 5.95 Å². The molecule has 0 radical (unpaired) electrons. The van der Waals surface area contributed by atoms with E-state index in [0.29, 0.717) is 23.9 Å². The van der Waals surface area contributed by atoms with Crippen molar-refractivity contribution in [3.8, 4) is 23.1 Å². The average molecular weight is 316 g/mol. The van der Waals surface area contributed by atoms with Gasteiger partial charge in [0.05, 0.1) is 12.8 Å². The van der Waals surface area contributed by atoms with Crippen molar-refractivity contribution in [1.29, 1.82) is 5.26 Å². The van der Waals surface area contributed by atoms with E-state index in [9.17, 15) is 5.26 Å². The first-order valence-electron chi connectivity index (χ1n) is 7.50. The molecule has 5 heteroatoms. The monoisotopic (exact) mass is 316 g/mol. The highest BCUT2D eigenvalue weighted by molar-refractivity contribution is 5.62. The Hall–Kier alpha value is -3.39. The molecular weight excluding hydrogens is 300 g/mol. The zero-order chi connectivity index (χ0) is 16.8. The lowest BCUT2D eigenvalue weighted by atomic mass is 10.1. The summed E-state index contributed by atoms with van der Waals surface area (Å²) < 4.78 is 5.16. The molecule has 3 rings (SSSR count). The van der Waals surface area contributed by atoms with Crippen molar-refractivity contribution in [2.24, 2.45) is 0 Å². The molecule has 0 fully saturated rings. The lowest BCUT2D eigenvalue weighted by Crippen LogP contribution is -2.05. The third-order valence-electron chi connectivity index (χ3n) is 3.52. The van der Waals surface area contributed by atoms with Crippen LogP contribution in [0, 0.1) is 11.3 Å². The van der Waals surface area contributed by atoms with Gasteiger partial charge in [-0.25, -0.2) is 9.97 Å². The molecule has 1 N–H and O–H groups in total. The van der Waals surface area contributed by atoms with Crippen molar-refractivity contribution in [1.82, 2.24) is 9.97 Å². The molecule has 0 spiro atoms. The molecule has 0 bridgehead atoms. The van der Waals surface area contributed by atoms with Crippen LogP contribution in [0.3, 0.4) is 0 Å². The second-order valence-electron chi connectivity index (χ2n) is 5.14. The van der Waals surface area contributed by atoms with Gasteiger partial charge in [0.25, 0.3) is 0 Å². The van der Waals surface area contributed by atoms with E-state index in [4.69, 9.17) is 4.74 Å². The van der Waals surface area contributed by atoms with Gasteiger partial charge in [-0.1, -0.05) is 30.3 Å². The molecule has 118 valence electrons. The maximum absolute atomic E-state index is 9.21. The van der Waals surface area contributed by atoms with Crippen LogP contribution in [-0.4, -0.2) is 17.1 Å². The summed E-state index contributed by atoms with van der Waals surface area (Å²) in [7, 11) is 1.62. The Bertz CT molecular complexity index is 855. The first kappa shape index (κ1) is 15.5. The Labute approximate surface area is 140 Å². The number of methoxy groups -OCH3 is 1. The number of nitriles is 1. The fraction of sp³-hybridized carbons (Fsp3) is 0.105. The Morgan fingerprint density at radius 2 is 1.79 bits per heavy atom. The predicted molar refractivity (Wildman–Crippen MR) is 92.5 cm³/mol. The van der Waals surface area contributed by atoms with Gasteiger partial charge in [-0.05, 0) is 29.8 Å². The number of hydrogen-bond acceptors (Lipinski definition) is 5. The topological polar surface area (TPSA) is 70.8 Å². The maximum Gasteiger partial charge on any atom is 0.224 e. The summed E-state index contributed by atoms with van der Waals surface area (Å²) in [5, 5.41) is 12.4. The summed E-state index contributed by atoms with van der Waals surface area (Å²) in [5.41, 5.74) is 3.04. The molecule has 0 saturated carbocycles. The average Bonchev–Trinajstić information content (AvgIpc) is 2.67. The highest BCUT2D eigenvalue weighted by Gasteiger charge is 2.07. The van der Waals surface area contributed by atoms with Crippen molar-refractivity contribution in [3.05, 3.63) is 71.9 Å². The molecule has 0 atom stereocenters. The Balaban J connectivity index is 1.86. The van der Waals surface area contributed by atoms with E-state index in [1.54, 1.807) is 13.2 Å². The molecule has 0 saturated heterocycles. The zero-order valence-electron chi connectivity index (χ0n) is 13.2. The van der Waals surface area contributed by atoms with Crippen molar-refractivity contribution < 1.29 is 4.74 Å². The van der Waals surface area contributed by atoms with Gasteiger partial charge in [-0.3, -0.25) is 0 Å². The molecule has 0 aliphatic carbocycles. The minimum atomic E-state index is 0.325. The number of hydrogen-bond donors (Lipinski definition) is 1. The summed E-state index contributed by atoms with van der Waals surface area (Å²) in [4.78, 5) is 8.73. The minimum Gasteiger partial charge on any atom is -0.497 e. The molecule has 24 heavy (non-hydrogen) atoms. The van der Waals surface area contributed by atoms with Crippen LogP contribution in [-0.2, 0) is 6.54 Å². The normalized spacial score (nSPS) is 10.0. The molecule has 0 amide bonds. The van der Waals surface area contributed by atoms with Crippen LogP contribution in [0.4, 0.5) is 5.95 Å². The summed E-state index contributed by atoms with van der Waals surface area (Å²) in [6.45, 7) is 0.595. The smallest absolute Gasteiger partial charge is 0.224 e. The van der Waals surface area contributed by atoms with Crippen molar-refractivity contribution >= 4 is 5.95 Å². The molecule has 0 unspecified atom stereocenters. The number of nitrogens with one attached hydrogen (secondary N) is 1. The number of ether oxygens (including phenoxy) is 1. The predicted octanol–water partition coefficient (Wildman–Crippen LogP) is 3.64. The Kier molecular flexibility index (Phi) is 4.68. The third-order valence-corrected chi connectivity index (χ3v) is 3.52. The molecule has 0 aliphatic heterocycles. The van der Waals surface area contributed by atoms with Crippen LogP contribution in [0.2, 0.25) is 0 Å². The summed E-state index contributed by atoms with van der Waals surface area (Å²) in [6, 6.07) is 21.3. The number of aromatic nitrogens is 2. The van der Waals surface area contributed by atoms with Gasteiger partial charge in [0.1, 0.15) is 17.5 Å². The molecule has 5 nitrogen and oxygen atoms in total. The SMILES string of the molecule is COc1ccc(-c2cc(C#N)nc(NCc3ccccc3)n2)cc1. The van der Waals surface area contributed by atoms with Crippen LogP contribution in [0.15, 0.2) is 60.7 Å². The van der Waals surface area contributed by atoms with Gasteiger partial charge in [0.15, 0.2) is 0 Å². The first-order valence-corrected chi connectivity index (χ1v) is 7.50. The second-order valence-corrected chi connectivity index (χ2v) is 5.14. The largest absolute Gasteiger partial charge is 0.497 e. The second kappa shape index (κ2) is 7.25. The van der Waals surface area contributed by atoms with Gasteiger partial charge in [-0.15, -0.1) is 0 Å². The van der Waals surface area contributed by atoms with E-state index in [2.05, 4.69) is 21.4 Å². The molecular formula is C19H16N4O. The van der Waals surface area contributed by atoms with Crippen LogP contribution in [0.5, 0.6) is 5.75 Å². The standard InChI is InChI=1S/C19H16N4O/c1-24-17-9-7-15(8-10-17)18-11-16(12-20)22-19(23-18)21-13-14-5-3-2-4-6-14/h2-11H,13H2,1H3,(H,21,22,23). The van der Waals surface area contributed by atoms with E-state index in [1.165, 1.54) is 0 Å². The van der Waals surface area contributed by atoms with Crippen molar-refractivity contribution in [3.63, 3.8) is 0 Å². The highest BCUT2D eigenvalue weighted by Crippen LogP contribution is 2.22. The Morgan fingerprint density at radius 3 is 2.46 bits per heavy atom. The number of nitrogens with zero attached hydrogens (tertiary/aromatic N) is 3. The van der Waals surface area contributed by atoms with E-state index in [1.807, 2.05) is 54.6 Å². The van der Waals surface area contributed by atoms with Crippen LogP contribution < -0.4 is 10.1 Å². The van der Waals surface area contributed by atoms with Crippen molar-refractivity contribution in [2.45, 2.75) is 6.54 Å². The van der Waals surface area contributed by atoms with Crippen LogP contribution in [0.25, 0.3) is 11.3 Å². The van der Waals surface area contributed by atoms with Gasteiger partial charge in [-0.2, -0.15) is 5.26 Å². The van der Waals surface area contributed by atoms with Gasteiger partial charge < -0.3 is 10.1 Å². The minimum absolute atomic E-state index is 0.325. The maximum atomic E-state index is 9.21. The van der Waals surface area contributed by atoms with Gasteiger partial charge >= 0.3 is 0 Å². The highest BCUT2D eigenvalue weighted by atomic mass is 16.5. The number of anilines is 1. The fourth-order valence-electron chi connectivity index (χ4n) is 2.27. The van der Waals surface area contributed by atoms with E-state index >= 15 is 0 Å². The molecule has 2 aromatic carbocycles. The number of benzene rings is 2. The van der Waals surface area contributed by atoms with Gasteiger partial charge in [0, 0.05) is 18.2 Å². The zero-order valence-corrected chi connectivity index (χ0v) is 13.2. The van der Waals surface area contributed by atoms with E-state index in [-0.39, 0.29) is 0 Å². The third kappa shape index (κ3) is 3.68. The fourth-order valence-corrected chi connectivity index (χ4v) is 2.27. The first-order chi connectivity index (χ1) is 11.8. The molecule has 1 heterocycles. The van der Waals surface area contributed by atoms with E-state index in [0.717, 1.165) is 16.9 Å². The van der Waals surface area contributed by atoms with Crippen LogP contribution >= 0.6 is 0 Å². The number of rotatable bonds is 5. The summed E-state index contributed by atoms with van der Waals surface area (Å²) >= 11 is 0. The molecule has 1 aromatic heterocycles. The van der Waals surface area contributed by atoms with Crippen LogP contribution in [0.1, 0.15) is 11.3 Å². The lowest BCUT2D eigenvalue weighted by molar-refractivity contribution is 0.415. The Morgan fingerprint density at radius 1 is 1.04 bits per heavy atom.